The molecule has 4 heterocycles. The molecule has 2 aliphatic heterocycles. The molecule has 0 radical (unpaired) electrons. The summed E-state index contributed by atoms with van der Waals surface area (Å²) >= 11 is 5.90. The van der Waals surface area contributed by atoms with E-state index in [1.54, 1.807) is 21.6 Å². The number of hydrogen-bond acceptors (Lipinski definition) is 5. The van der Waals surface area contributed by atoms with E-state index < -0.39 is 29.7 Å². The van der Waals surface area contributed by atoms with Gasteiger partial charge < -0.3 is 15.4 Å². The Morgan fingerprint density at radius 2 is 2.09 bits per heavy atom. The van der Waals surface area contributed by atoms with Crippen LogP contribution < -0.4 is 10.5 Å². The number of nitrogen functional groups attached to an aromatic ring is 1. The van der Waals surface area contributed by atoms with Crippen molar-refractivity contribution in [3.8, 4) is 5.75 Å². The number of carbonyl (C=O) groups is 1. The Bertz CT molecular complexity index is 1440. The predicted molar refractivity (Wildman–Crippen MR) is 114 cm³/mol. The van der Waals surface area contributed by atoms with Crippen molar-refractivity contribution in [3.05, 3.63) is 64.6 Å². The predicted octanol–water partition coefficient (Wildman–Crippen LogP) is 4.13. The third-order valence-corrected chi connectivity index (χ3v) is 6.49. The van der Waals surface area contributed by atoms with Crippen LogP contribution in [0.3, 0.4) is 0 Å². The smallest absolute Gasteiger partial charge is 0.257 e. The molecule has 1 saturated heterocycles. The minimum atomic E-state index is -0.711. The van der Waals surface area contributed by atoms with Crippen molar-refractivity contribution in [1.82, 2.24) is 19.3 Å². The van der Waals surface area contributed by atoms with Crippen molar-refractivity contribution < 1.29 is 18.3 Å². The van der Waals surface area contributed by atoms with Gasteiger partial charge in [0.05, 0.1) is 40.2 Å². The molecule has 2 aromatic heterocycles. The van der Waals surface area contributed by atoms with Crippen molar-refractivity contribution in [2.75, 3.05) is 12.3 Å². The van der Waals surface area contributed by atoms with E-state index in [0.717, 1.165) is 0 Å². The zero-order chi connectivity index (χ0) is 22.1. The molecule has 0 spiro atoms. The highest BCUT2D eigenvalue weighted by molar-refractivity contribution is 6.30. The number of carbonyl (C=O) groups excluding carboxylic acids is 1. The molecule has 162 valence electrons. The fraction of sp³-hybridized carbons (Fsp3) is 0.227. The highest BCUT2D eigenvalue weighted by Crippen LogP contribution is 2.47. The number of amides is 1. The lowest BCUT2D eigenvalue weighted by molar-refractivity contribution is 0.0357. The van der Waals surface area contributed by atoms with Crippen molar-refractivity contribution in [1.29, 1.82) is 0 Å². The lowest BCUT2D eigenvalue weighted by Crippen LogP contribution is -2.44. The van der Waals surface area contributed by atoms with Crippen molar-refractivity contribution in [2.45, 2.75) is 25.0 Å². The van der Waals surface area contributed by atoms with E-state index in [2.05, 4.69) is 9.97 Å². The average Bonchev–Trinajstić information content (AvgIpc) is 3.41. The number of benzene rings is 2. The van der Waals surface area contributed by atoms with Gasteiger partial charge in [0.25, 0.3) is 5.91 Å². The fourth-order valence-corrected chi connectivity index (χ4v) is 4.90. The molecular weight excluding hydrogens is 440 g/mol. The van der Waals surface area contributed by atoms with Crippen LogP contribution in [0, 0.1) is 11.6 Å². The summed E-state index contributed by atoms with van der Waals surface area (Å²) in [6.45, 7) is 0.394. The molecule has 10 heteroatoms. The van der Waals surface area contributed by atoms with Crippen molar-refractivity contribution in [3.63, 3.8) is 0 Å². The average molecular weight is 456 g/mol. The van der Waals surface area contributed by atoms with E-state index >= 15 is 4.39 Å². The van der Waals surface area contributed by atoms with E-state index in [-0.39, 0.29) is 22.2 Å². The minimum absolute atomic E-state index is 0.0445. The quantitative estimate of drug-likeness (QED) is 0.466. The second-order valence-electron chi connectivity index (χ2n) is 7.99. The fourth-order valence-electron chi connectivity index (χ4n) is 4.75. The number of aromatic nitrogens is 3. The van der Waals surface area contributed by atoms with Crippen LogP contribution in [0.5, 0.6) is 5.75 Å². The SMILES string of the molecule is Nc1nc2cc(F)c(C(=O)N3CCC[C@@H]4Oc5c(ccc(Cl)c5F)[C@@H]43)cc2n2cncc12. The minimum Gasteiger partial charge on any atom is -0.484 e. The molecule has 0 saturated carbocycles. The van der Waals surface area contributed by atoms with E-state index in [0.29, 0.717) is 41.5 Å². The van der Waals surface area contributed by atoms with Gasteiger partial charge in [0.15, 0.2) is 11.6 Å². The summed E-state index contributed by atoms with van der Waals surface area (Å²) in [7, 11) is 0. The molecule has 0 bridgehead atoms. The highest BCUT2D eigenvalue weighted by atomic mass is 35.5. The number of likely N-dealkylation sites (tertiary alicyclic amines) is 1. The normalized spacial score (nSPS) is 19.8. The lowest BCUT2D eigenvalue weighted by atomic mass is 9.93. The summed E-state index contributed by atoms with van der Waals surface area (Å²) in [6, 6.07) is 5.23. The molecule has 6 rings (SSSR count). The Labute approximate surface area is 185 Å². The number of nitrogens with zero attached hydrogens (tertiary/aromatic N) is 4. The first kappa shape index (κ1) is 19.2. The van der Waals surface area contributed by atoms with Gasteiger partial charge in [-0.15, -0.1) is 0 Å². The molecule has 0 unspecified atom stereocenters. The molecule has 1 amide bonds. The molecule has 2 atom stereocenters. The Balaban J connectivity index is 1.47. The van der Waals surface area contributed by atoms with Gasteiger partial charge in [-0.05, 0) is 25.0 Å². The molecule has 4 aromatic rings. The number of ether oxygens (including phenoxy) is 1. The van der Waals surface area contributed by atoms with Gasteiger partial charge in [-0.1, -0.05) is 17.7 Å². The summed E-state index contributed by atoms with van der Waals surface area (Å²) in [4.78, 5) is 23.4. The number of nitrogens with two attached hydrogens (primary N) is 1. The van der Waals surface area contributed by atoms with Gasteiger partial charge in [-0.25, -0.2) is 18.7 Å². The lowest BCUT2D eigenvalue weighted by Gasteiger charge is -2.36. The third-order valence-electron chi connectivity index (χ3n) is 6.20. The zero-order valence-corrected chi connectivity index (χ0v) is 17.3. The van der Waals surface area contributed by atoms with Crippen molar-refractivity contribution >= 4 is 39.9 Å². The number of rotatable bonds is 1. The van der Waals surface area contributed by atoms with Gasteiger partial charge >= 0.3 is 0 Å². The Hall–Kier alpha value is -3.46. The molecule has 2 N–H and O–H groups in total. The summed E-state index contributed by atoms with van der Waals surface area (Å²) < 4.78 is 37.1. The van der Waals surface area contributed by atoms with Crippen LogP contribution in [0.15, 0.2) is 36.8 Å². The standard InChI is InChI=1S/C22H16ClF2N5O2/c23-12-4-3-10-19-17(32-20(10)18(12)25)2-1-5-29(19)22(31)11-6-15-14(7-13(11)24)28-21(26)16-8-27-9-30(15)16/h3-4,6-9,17,19H,1-2,5H2,(H2,26,28)/t17-,19-/m0/s1. The first-order valence-electron chi connectivity index (χ1n) is 10.1. The maximum Gasteiger partial charge on any atom is 0.257 e. The van der Waals surface area contributed by atoms with Crippen LogP contribution in [0.4, 0.5) is 14.6 Å². The zero-order valence-electron chi connectivity index (χ0n) is 16.6. The maximum absolute atomic E-state index is 15.1. The van der Waals surface area contributed by atoms with Gasteiger partial charge in [-0.3, -0.25) is 9.20 Å². The number of hydrogen-bond donors (Lipinski definition) is 1. The third kappa shape index (κ3) is 2.60. The summed E-state index contributed by atoms with van der Waals surface area (Å²) in [5.41, 5.74) is 7.74. The van der Waals surface area contributed by atoms with E-state index in [4.69, 9.17) is 22.1 Å². The van der Waals surface area contributed by atoms with E-state index in [1.807, 2.05) is 0 Å². The van der Waals surface area contributed by atoms with Crippen molar-refractivity contribution in [2.24, 2.45) is 0 Å². The highest BCUT2D eigenvalue weighted by Gasteiger charge is 2.45. The van der Waals surface area contributed by atoms with Gasteiger partial charge in [-0.2, -0.15) is 0 Å². The van der Waals surface area contributed by atoms with Crippen LogP contribution in [0.25, 0.3) is 16.6 Å². The molecule has 1 fully saturated rings. The van der Waals surface area contributed by atoms with Gasteiger partial charge in [0, 0.05) is 18.2 Å². The van der Waals surface area contributed by atoms with Gasteiger partial charge in [0.1, 0.15) is 23.3 Å². The maximum atomic E-state index is 15.1. The molecule has 0 aliphatic carbocycles. The van der Waals surface area contributed by atoms with E-state index in [9.17, 15) is 9.18 Å². The Morgan fingerprint density at radius 1 is 1.25 bits per heavy atom. The van der Waals surface area contributed by atoms with Crippen LogP contribution in [0.1, 0.15) is 34.8 Å². The molecule has 2 aromatic carbocycles. The number of imidazole rings is 1. The number of piperidine rings is 1. The van der Waals surface area contributed by atoms with Crippen LogP contribution in [-0.2, 0) is 0 Å². The first-order valence-corrected chi connectivity index (χ1v) is 10.5. The van der Waals surface area contributed by atoms with Gasteiger partial charge in [0.2, 0.25) is 0 Å². The van der Waals surface area contributed by atoms with Crippen LogP contribution >= 0.6 is 11.6 Å². The number of fused-ring (bicyclic) bond motifs is 6. The number of anilines is 1. The Kier molecular flexibility index (Phi) is 4.07. The number of halogens is 3. The Morgan fingerprint density at radius 3 is 2.94 bits per heavy atom. The molecule has 2 aliphatic rings. The summed E-state index contributed by atoms with van der Waals surface area (Å²) in [5.74, 6) is -1.58. The summed E-state index contributed by atoms with van der Waals surface area (Å²) in [5, 5.41) is -0.0445. The van der Waals surface area contributed by atoms with E-state index in [1.165, 1.54) is 24.5 Å². The monoisotopic (exact) mass is 455 g/mol. The largest absolute Gasteiger partial charge is 0.484 e. The molecule has 7 nitrogen and oxygen atoms in total. The first-order chi connectivity index (χ1) is 15.4. The van der Waals surface area contributed by atoms with Crippen LogP contribution in [-0.4, -0.2) is 37.8 Å². The second-order valence-corrected chi connectivity index (χ2v) is 8.40. The topological polar surface area (TPSA) is 85.8 Å². The summed E-state index contributed by atoms with van der Waals surface area (Å²) in [6.07, 6.45) is 3.97. The van der Waals surface area contributed by atoms with Crippen LogP contribution in [0.2, 0.25) is 5.02 Å². The molecule has 32 heavy (non-hydrogen) atoms. The second kappa shape index (κ2) is 6.77. The molecular formula is C22H16ClF2N5O2.